The highest BCUT2D eigenvalue weighted by Gasteiger charge is 2.36. The number of nitrogens with zero attached hydrogens (tertiary/aromatic N) is 3. The van der Waals surface area contributed by atoms with Crippen LogP contribution >= 0.6 is 0 Å². The van der Waals surface area contributed by atoms with Gasteiger partial charge in [0, 0.05) is 19.3 Å². The third-order valence-electron chi connectivity index (χ3n) is 3.98. The van der Waals surface area contributed by atoms with Crippen LogP contribution in [0.4, 0.5) is 5.69 Å². The molecule has 1 saturated heterocycles. The second-order valence-electron chi connectivity index (χ2n) is 5.92. The van der Waals surface area contributed by atoms with Crippen LogP contribution < -0.4 is 5.32 Å². The maximum atomic E-state index is 12.3. The Balaban J connectivity index is 1.63. The zero-order chi connectivity index (χ0) is 15.0. The van der Waals surface area contributed by atoms with E-state index < -0.39 is 16.1 Å². The summed E-state index contributed by atoms with van der Waals surface area (Å²) in [6.07, 6.45) is 8.32. The summed E-state index contributed by atoms with van der Waals surface area (Å²) < 4.78 is 26.4. The number of hydrogen-bond donors (Lipinski definition) is 1. The van der Waals surface area contributed by atoms with Crippen molar-refractivity contribution in [2.75, 3.05) is 18.1 Å². The molecule has 21 heavy (non-hydrogen) atoms. The monoisotopic (exact) mass is 312 g/mol. The van der Waals surface area contributed by atoms with Crippen LogP contribution in [-0.4, -0.2) is 47.3 Å². The lowest BCUT2D eigenvalue weighted by molar-refractivity contribution is -0.119. The molecule has 1 aromatic heterocycles. The first kappa shape index (κ1) is 14.5. The Morgan fingerprint density at radius 3 is 2.86 bits per heavy atom. The zero-order valence-electron chi connectivity index (χ0n) is 12.0. The number of carbonyl (C=O) groups excluding carboxylic acids is 1. The van der Waals surface area contributed by atoms with Crippen molar-refractivity contribution in [2.24, 2.45) is 5.92 Å². The van der Waals surface area contributed by atoms with E-state index in [0.29, 0.717) is 31.0 Å². The maximum Gasteiger partial charge on any atom is 0.242 e. The fourth-order valence-corrected chi connectivity index (χ4v) is 3.84. The first-order chi connectivity index (χ1) is 9.93. The first-order valence-electron chi connectivity index (χ1n) is 7.23. The minimum absolute atomic E-state index is 0.274. The average Bonchev–Trinajstić information content (AvgIpc) is 2.91. The summed E-state index contributed by atoms with van der Waals surface area (Å²) in [4.78, 5) is 12.3. The Hall–Kier alpha value is -1.41. The molecule has 1 saturated carbocycles. The minimum Gasteiger partial charge on any atom is -0.322 e. The average molecular weight is 312 g/mol. The molecule has 0 radical (unpaired) electrons. The molecule has 1 amide bonds. The van der Waals surface area contributed by atoms with Gasteiger partial charge in [0.15, 0.2) is 0 Å². The number of hydrogen-bond acceptors (Lipinski definition) is 4. The van der Waals surface area contributed by atoms with E-state index in [1.54, 1.807) is 12.4 Å². The Labute approximate surface area is 124 Å². The van der Waals surface area contributed by atoms with Gasteiger partial charge in [-0.15, -0.1) is 0 Å². The molecule has 1 aliphatic heterocycles. The molecule has 8 heteroatoms. The Morgan fingerprint density at radius 2 is 2.19 bits per heavy atom. The number of aromatic nitrogens is 2. The van der Waals surface area contributed by atoms with Gasteiger partial charge in [0.2, 0.25) is 15.9 Å². The molecule has 1 aromatic rings. The predicted octanol–water partition coefficient (Wildman–Crippen LogP) is 0.656. The van der Waals surface area contributed by atoms with Crippen LogP contribution in [0.5, 0.6) is 0 Å². The molecular formula is C13H20N4O3S. The summed E-state index contributed by atoms with van der Waals surface area (Å²) in [7, 11) is -3.34. The molecule has 0 bridgehead atoms. The van der Waals surface area contributed by atoms with Crippen LogP contribution in [0.1, 0.15) is 25.7 Å². The molecule has 2 aliphatic rings. The molecule has 1 atom stereocenters. The van der Waals surface area contributed by atoms with Crippen molar-refractivity contribution in [1.29, 1.82) is 0 Å². The topological polar surface area (TPSA) is 84.3 Å². The SMILES string of the molecule is CS(=O)(=O)N1CCC[C@@H]1C(=O)Nc1cnn(CC2CC2)c1. The molecule has 0 unspecified atom stereocenters. The quantitative estimate of drug-likeness (QED) is 0.865. The smallest absolute Gasteiger partial charge is 0.242 e. The first-order valence-corrected chi connectivity index (χ1v) is 9.08. The van der Waals surface area contributed by atoms with E-state index in [1.165, 1.54) is 17.1 Å². The van der Waals surface area contributed by atoms with E-state index in [2.05, 4.69) is 10.4 Å². The Bertz CT molecular complexity index is 636. The summed E-state index contributed by atoms with van der Waals surface area (Å²) in [5.74, 6) is 0.438. The van der Waals surface area contributed by atoms with E-state index >= 15 is 0 Å². The summed E-state index contributed by atoms with van der Waals surface area (Å²) in [5.41, 5.74) is 0.626. The fraction of sp³-hybridized carbons (Fsp3) is 0.692. The van der Waals surface area contributed by atoms with Crippen molar-refractivity contribution in [1.82, 2.24) is 14.1 Å². The van der Waals surface area contributed by atoms with Crippen molar-refractivity contribution in [2.45, 2.75) is 38.3 Å². The van der Waals surface area contributed by atoms with Crippen LogP contribution in [0.25, 0.3) is 0 Å². The van der Waals surface area contributed by atoms with E-state index in [1.807, 2.05) is 4.68 Å². The lowest BCUT2D eigenvalue weighted by atomic mass is 10.2. The number of rotatable bonds is 5. The van der Waals surface area contributed by atoms with Gasteiger partial charge in [0.25, 0.3) is 0 Å². The van der Waals surface area contributed by atoms with E-state index in [0.717, 1.165) is 12.8 Å². The van der Waals surface area contributed by atoms with Crippen molar-refractivity contribution in [3.63, 3.8) is 0 Å². The van der Waals surface area contributed by atoms with Gasteiger partial charge in [-0.3, -0.25) is 9.48 Å². The van der Waals surface area contributed by atoms with Gasteiger partial charge in [-0.25, -0.2) is 8.42 Å². The number of nitrogens with one attached hydrogen (secondary N) is 1. The second kappa shape index (κ2) is 5.42. The van der Waals surface area contributed by atoms with Crippen molar-refractivity contribution in [3.05, 3.63) is 12.4 Å². The van der Waals surface area contributed by atoms with Gasteiger partial charge in [-0.05, 0) is 31.6 Å². The van der Waals surface area contributed by atoms with Crippen LogP contribution in [-0.2, 0) is 21.4 Å². The van der Waals surface area contributed by atoms with Crippen molar-refractivity contribution >= 4 is 21.6 Å². The molecule has 7 nitrogen and oxygen atoms in total. The number of carbonyl (C=O) groups is 1. The number of amides is 1. The van der Waals surface area contributed by atoms with E-state index in [9.17, 15) is 13.2 Å². The lowest BCUT2D eigenvalue weighted by Crippen LogP contribution is -2.42. The summed E-state index contributed by atoms with van der Waals surface area (Å²) in [6, 6.07) is -0.605. The maximum absolute atomic E-state index is 12.3. The molecule has 2 heterocycles. The summed E-state index contributed by atoms with van der Waals surface area (Å²) >= 11 is 0. The largest absolute Gasteiger partial charge is 0.322 e. The molecule has 3 rings (SSSR count). The van der Waals surface area contributed by atoms with Gasteiger partial charge in [0.1, 0.15) is 6.04 Å². The van der Waals surface area contributed by atoms with Crippen LogP contribution in [0.3, 0.4) is 0 Å². The summed E-state index contributed by atoms with van der Waals surface area (Å²) in [6.45, 7) is 1.30. The third-order valence-corrected chi connectivity index (χ3v) is 5.26. The highest BCUT2D eigenvalue weighted by Crippen LogP contribution is 2.30. The number of sulfonamides is 1. The minimum atomic E-state index is -3.34. The van der Waals surface area contributed by atoms with Gasteiger partial charge in [-0.2, -0.15) is 9.40 Å². The van der Waals surface area contributed by atoms with Gasteiger partial charge in [-0.1, -0.05) is 0 Å². The molecule has 0 spiro atoms. The normalized spacial score (nSPS) is 23.4. The molecule has 1 N–H and O–H groups in total. The molecule has 0 aromatic carbocycles. The van der Waals surface area contributed by atoms with Crippen LogP contribution in [0.15, 0.2) is 12.4 Å². The predicted molar refractivity (Wildman–Crippen MR) is 78.2 cm³/mol. The van der Waals surface area contributed by atoms with Crippen LogP contribution in [0.2, 0.25) is 0 Å². The Morgan fingerprint density at radius 1 is 1.43 bits per heavy atom. The molecule has 1 aliphatic carbocycles. The van der Waals surface area contributed by atoms with Gasteiger partial charge < -0.3 is 5.32 Å². The second-order valence-corrected chi connectivity index (χ2v) is 7.85. The standard InChI is InChI=1S/C13H20N4O3S/c1-21(19,20)17-6-2-3-12(17)13(18)15-11-7-14-16(9-11)8-10-4-5-10/h7,9-10,12H,2-6,8H2,1H3,(H,15,18)/t12-/m1/s1. The lowest BCUT2D eigenvalue weighted by Gasteiger charge is -2.20. The van der Waals surface area contributed by atoms with Gasteiger partial charge >= 0.3 is 0 Å². The summed E-state index contributed by atoms with van der Waals surface area (Å²) in [5, 5.41) is 6.99. The highest BCUT2D eigenvalue weighted by atomic mass is 32.2. The van der Waals surface area contributed by atoms with E-state index in [4.69, 9.17) is 0 Å². The third kappa shape index (κ3) is 3.44. The molecular weight excluding hydrogens is 292 g/mol. The van der Waals surface area contributed by atoms with Crippen LogP contribution in [0, 0.1) is 5.92 Å². The highest BCUT2D eigenvalue weighted by molar-refractivity contribution is 7.88. The fourth-order valence-electron chi connectivity index (χ4n) is 2.72. The molecule has 116 valence electrons. The van der Waals surface area contributed by atoms with Gasteiger partial charge in [0.05, 0.1) is 18.1 Å². The Kier molecular flexibility index (Phi) is 3.75. The number of anilines is 1. The van der Waals surface area contributed by atoms with E-state index in [-0.39, 0.29) is 5.91 Å². The van der Waals surface area contributed by atoms with Crippen molar-refractivity contribution in [3.8, 4) is 0 Å². The van der Waals surface area contributed by atoms with Crippen molar-refractivity contribution < 1.29 is 13.2 Å². The molecule has 2 fully saturated rings. The zero-order valence-corrected chi connectivity index (χ0v) is 12.8.